The molecule has 1 aliphatic rings. The fraction of sp³-hybridized carbons (Fsp3) is 0.462. The van der Waals surface area contributed by atoms with Crippen LogP contribution in [0.5, 0.6) is 5.75 Å². The fourth-order valence-electron chi connectivity index (χ4n) is 2.24. The zero-order valence-electron chi connectivity index (χ0n) is 9.83. The van der Waals surface area contributed by atoms with Crippen molar-refractivity contribution in [2.75, 3.05) is 6.54 Å². The molecule has 0 bridgehead atoms. The highest BCUT2D eigenvalue weighted by Crippen LogP contribution is 2.31. The van der Waals surface area contributed by atoms with Gasteiger partial charge in [0.15, 0.2) is 0 Å². The summed E-state index contributed by atoms with van der Waals surface area (Å²) in [6, 6.07) is 4.51. The van der Waals surface area contributed by atoms with Crippen LogP contribution in [0.4, 0.5) is 0 Å². The maximum absolute atomic E-state index is 11.9. The second-order valence-electron chi connectivity index (χ2n) is 4.58. The normalized spacial score (nSPS) is 23.0. The minimum Gasteiger partial charge on any atom is -0.507 e. The Labute approximate surface area is 120 Å². The number of amides is 1. The van der Waals surface area contributed by atoms with Crippen molar-refractivity contribution < 1.29 is 9.90 Å². The van der Waals surface area contributed by atoms with Crippen molar-refractivity contribution in [3.05, 3.63) is 28.8 Å². The summed E-state index contributed by atoms with van der Waals surface area (Å²) < 4.78 is 0. The van der Waals surface area contributed by atoms with Crippen LogP contribution in [-0.2, 0) is 0 Å². The molecule has 1 amide bonds. The van der Waals surface area contributed by atoms with E-state index in [-0.39, 0.29) is 17.2 Å². The number of hydrogen-bond donors (Lipinski definition) is 2. The van der Waals surface area contributed by atoms with Crippen LogP contribution in [0.1, 0.15) is 29.6 Å². The summed E-state index contributed by atoms with van der Waals surface area (Å²) >= 11 is 9.34. The Hall–Kier alpha value is -0.740. The first kappa shape index (κ1) is 13.7. The molecular formula is C13H15BrClNO2. The highest BCUT2D eigenvalue weighted by molar-refractivity contribution is 9.09. The number of benzene rings is 1. The maximum atomic E-state index is 11.9. The van der Waals surface area contributed by atoms with Crippen LogP contribution >= 0.6 is 27.5 Å². The number of nitrogens with one attached hydrogen (secondary N) is 1. The van der Waals surface area contributed by atoms with E-state index in [9.17, 15) is 9.90 Å². The molecule has 0 aliphatic heterocycles. The van der Waals surface area contributed by atoms with Gasteiger partial charge in [0.1, 0.15) is 5.75 Å². The molecule has 1 fully saturated rings. The second kappa shape index (κ2) is 5.93. The molecule has 0 aromatic heterocycles. The van der Waals surface area contributed by atoms with Crippen molar-refractivity contribution in [3.8, 4) is 5.75 Å². The quantitative estimate of drug-likeness (QED) is 0.834. The highest BCUT2D eigenvalue weighted by atomic mass is 79.9. The summed E-state index contributed by atoms with van der Waals surface area (Å²) in [5, 5.41) is 12.9. The summed E-state index contributed by atoms with van der Waals surface area (Å²) in [6.07, 6.45) is 3.48. The Bertz CT molecular complexity index is 453. The molecule has 1 aliphatic carbocycles. The minimum atomic E-state index is -0.254. The van der Waals surface area contributed by atoms with E-state index >= 15 is 0 Å². The third kappa shape index (κ3) is 3.18. The van der Waals surface area contributed by atoms with Gasteiger partial charge in [-0.25, -0.2) is 0 Å². The average molecular weight is 333 g/mol. The van der Waals surface area contributed by atoms with Crippen molar-refractivity contribution in [1.82, 2.24) is 5.32 Å². The summed E-state index contributed by atoms with van der Waals surface area (Å²) in [5.74, 6) is 0.140. The maximum Gasteiger partial charge on any atom is 0.255 e. The molecule has 0 radical (unpaired) electrons. The van der Waals surface area contributed by atoms with Crippen LogP contribution in [0.3, 0.4) is 0 Å². The molecule has 2 N–H and O–H groups in total. The van der Waals surface area contributed by atoms with Crippen molar-refractivity contribution in [1.29, 1.82) is 0 Å². The molecule has 98 valence electrons. The molecule has 1 aromatic rings. The van der Waals surface area contributed by atoms with Gasteiger partial charge in [-0.3, -0.25) is 4.79 Å². The number of phenolic OH excluding ortho intramolecular Hbond substituents is 1. The number of carbonyl (C=O) groups is 1. The second-order valence-corrected chi connectivity index (χ2v) is 6.19. The topological polar surface area (TPSA) is 49.3 Å². The van der Waals surface area contributed by atoms with Crippen LogP contribution < -0.4 is 5.32 Å². The van der Waals surface area contributed by atoms with E-state index in [0.29, 0.717) is 22.3 Å². The average Bonchev–Trinajstić information content (AvgIpc) is 2.72. The Morgan fingerprint density at radius 2 is 2.28 bits per heavy atom. The van der Waals surface area contributed by atoms with Crippen LogP contribution in [0.25, 0.3) is 0 Å². The SMILES string of the molecule is O=C(NCC1CCCC1Br)c1ccc(Cl)cc1O. The van der Waals surface area contributed by atoms with Crippen LogP contribution in [0.2, 0.25) is 5.02 Å². The first-order chi connectivity index (χ1) is 8.58. The lowest BCUT2D eigenvalue weighted by Gasteiger charge is -2.15. The molecule has 1 saturated carbocycles. The molecule has 18 heavy (non-hydrogen) atoms. The molecule has 5 heteroatoms. The summed E-state index contributed by atoms with van der Waals surface area (Å²) in [6.45, 7) is 0.636. The van der Waals surface area contributed by atoms with Gasteiger partial charge in [0.05, 0.1) is 5.56 Å². The Morgan fingerprint density at radius 3 is 2.89 bits per heavy atom. The van der Waals surface area contributed by atoms with Gasteiger partial charge in [0.25, 0.3) is 5.91 Å². The van der Waals surface area contributed by atoms with E-state index in [0.717, 1.165) is 12.8 Å². The van der Waals surface area contributed by atoms with Gasteiger partial charge in [-0.05, 0) is 37.0 Å². The third-order valence-electron chi connectivity index (χ3n) is 3.30. The van der Waals surface area contributed by atoms with Gasteiger partial charge in [-0.2, -0.15) is 0 Å². The number of carbonyl (C=O) groups excluding carboxylic acids is 1. The molecular weight excluding hydrogens is 318 g/mol. The molecule has 3 nitrogen and oxygen atoms in total. The Balaban J connectivity index is 1.95. The summed E-state index contributed by atoms with van der Waals surface area (Å²) in [5.41, 5.74) is 0.267. The minimum absolute atomic E-state index is 0.0817. The van der Waals surface area contributed by atoms with Gasteiger partial charge in [-0.15, -0.1) is 0 Å². The Morgan fingerprint density at radius 1 is 1.50 bits per heavy atom. The van der Waals surface area contributed by atoms with Gasteiger partial charge < -0.3 is 10.4 Å². The van der Waals surface area contributed by atoms with Crippen molar-refractivity contribution in [2.45, 2.75) is 24.1 Å². The number of rotatable bonds is 3. The number of phenols is 1. The highest BCUT2D eigenvalue weighted by Gasteiger charge is 2.25. The molecule has 0 saturated heterocycles. The third-order valence-corrected chi connectivity index (χ3v) is 4.74. The standard InChI is InChI=1S/C13H15BrClNO2/c14-11-3-1-2-8(11)7-16-13(18)10-5-4-9(15)6-12(10)17/h4-6,8,11,17H,1-3,7H2,(H,16,18). The largest absolute Gasteiger partial charge is 0.507 e. The first-order valence-electron chi connectivity index (χ1n) is 5.98. The van der Waals surface area contributed by atoms with Crippen molar-refractivity contribution in [3.63, 3.8) is 0 Å². The number of alkyl halides is 1. The van der Waals surface area contributed by atoms with Gasteiger partial charge in [-0.1, -0.05) is 34.0 Å². The number of hydrogen-bond acceptors (Lipinski definition) is 2. The van der Waals surface area contributed by atoms with Crippen molar-refractivity contribution in [2.24, 2.45) is 5.92 Å². The number of aromatic hydroxyl groups is 1. The van der Waals surface area contributed by atoms with E-state index < -0.39 is 0 Å². The lowest BCUT2D eigenvalue weighted by molar-refractivity contribution is 0.0945. The van der Waals surface area contributed by atoms with Crippen molar-refractivity contribution >= 4 is 33.4 Å². The van der Waals surface area contributed by atoms with Crippen LogP contribution in [-0.4, -0.2) is 22.4 Å². The molecule has 0 spiro atoms. The molecule has 2 rings (SSSR count). The van der Waals surface area contributed by atoms with Gasteiger partial charge in [0.2, 0.25) is 0 Å². The predicted octanol–water partition coefficient (Wildman–Crippen LogP) is 3.34. The summed E-state index contributed by atoms with van der Waals surface area (Å²) in [4.78, 5) is 12.4. The van der Waals surface area contributed by atoms with Gasteiger partial charge in [0, 0.05) is 16.4 Å². The lowest BCUT2D eigenvalue weighted by Crippen LogP contribution is -2.31. The summed E-state index contributed by atoms with van der Waals surface area (Å²) in [7, 11) is 0. The first-order valence-corrected chi connectivity index (χ1v) is 7.28. The number of halogens is 2. The lowest BCUT2D eigenvalue weighted by atomic mass is 10.1. The smallest absolute Gasteiger partial charge is 0.255 e. The van der Waals surface area contributed by atoms with E-state index in [1.165, 1.54) is 18.6 Å². The molecule has 0 heterocycles. The van der Waals surface area contributed by atoms with Crippen LogP contribution in [0.15, 0.2) is 18.2 Å². The Kier molecular flexibility index (Phi) is 4.51. The molecule has 2 atom stereocenters. The van der Waals surface area contributed by atoms with E-state index in [1.54, 1.807) is 6.07 Å². The van der Waals surface area contributed by atoms with Gasteiger partial charge >= 0.3 is 0 Å². The molecule has 1 aromatic carbocycles. The van der Waals surface area contributed by atoms with E-state index in [2.05, 4.69) is 21.2 Å². The molecule has 2 unspecified atom stereocenters. The van der Waals surface area contributed by atoms with Crippen LogP contribution in [0, 0.1) is 5.92 Å². The zero-order valence-corrected chi connectivity index (χ0v) is 12.2. The van der Waals surface area contributed by atoms with E-state index in [1.807, 2.05) is 0 Å². The predicted molar refractivity (Wildman–Crippen MR) is 75.5 cm³/mol. The monoisotopic (exact) mass is 331 g/mol. The van der Waals surface area contributed by atoms with E-state index in [4.69, 9.17) is 11.6 Å². The fourth-order valence-corrected chi connectivity index (χ4v) is 3.18. The zero-order chi connectivity index (χ0) is 13.1.